The number of likely N-dealkylation sites (tertiary alicyclic amines) is 1. The first-order valence-corrected chi connectivity index (χ1v) is 10.4. The van der Waals surface area contributed by atoms with Crippen LogP contribution in [0.5, 0.6) is 0 Å². The number of nitrogens with one attached hydrogen (secondary N) is 1. The van der Waals surface area contributed by atoms with Crippen molar-refractivity contribution in [1.82, 2.24) is 24.7 Å². The molecule has 146 valence electrons. The number of piperidine rings is 1. The molecule has 0 aromatic carbocycles. The number of rotatable bonds is 6. The van der Waals surface area contributed by atoms with E-state index in [-0.39, 0.29) is 0 Å². The van der Waals surface area contributed by atoms with Crippen molar-refractivity contribution in [3.63, 3.8) is 0 Å². The molecular formula is C20H36N6. The maximum Gasteiger partial charge on any atom is 0.194 e. The minimum Gasteiger partial charge on any atom is -0.357 e. The molecule has 26 heavy (non-hydrogen) atoms. The van der Waals surface area contributed by atoms with Crippen molar-refractivity contribution in [2.45, 2.75) is 58.0 Å². The number of nitrogens with zero attached hydrogens (tertiary/aromatic N) is 5. The molecule has 0 spiro atoms. The molecule has 2 unspecified atom stereocenters. The maximum absolute atomic E-state index is 4.95. The molecule has 0 radical (unpaired) electrons. The average molecular weight is 361 g/mol. The lowest BCUT2D eigenvalue weighted by Crippen LogP contribution is -2.49. The number of hydrogen-bond acceptors (Lipinski definition) is 3. The minimum atomic E-state index is 0.469. The molecule has 1 saturated heterocycles. The summed E-state index contributed by atoms with van der Waals surface area (Å²) in [6, 6.07) is 1.24. The van der Waals surface area contributed by atoms with Gasteiger partial charge in [0.15, 0.2) is 5.96 Å². The molecule has 0 bridgehead atoms. The van der Waals surface area contributed by atoms with E-state index in [4.69, 9.17) is 4.99 Å². The van der Waals surface area contributed by atoms with Gasteiger partial charge in [-0.25, -0.2) is 4.98 Å². The predicted molar refractivity (Wildman–Crippen MR) is 107 cm³/mol. The van der Waals surface area contributed by atoms with E-state index in [2.05, 4.69) is 51.8 Å². The largest absolute Gasteiger partial charge is 0.357 e. The van der Waals surface area contributed by atoms with E-state index in [1.54, 1.807) is 0 Å². The molecule has 2 atom stereocenters. The van der Waals surface area contributed by atoms with E-state index in [0.29, 0.717) is 12.0 Å². The quantitative estimate of drug-likeness (QED) is 0.626. The number of likely N-dealkylation sites (N-methyl/N-ethyl adjacent to an activating group) is 1. The summed E-state index contributed by atoms with van der Waals surface area (Å²) >= 11 is 0. The zero-order valence-corrected chi connectivity index (χ0v) is 16.8. The number of aliphatic imine (C=N–C) groups is 1. The topological polar surface area (TPSA) is 48.7 Å². The van der Waals surface area contributed by atoms with Gasteiger partial charge in [0.1, 0.15) is 0 Å². The summed E-state index contributed by atoms with van der Waals surface area (Å²) in [6.07, 6.45) is 12.6. The summed E-state index contributed by atoms with van der Waals surface area (Å²) in [5.74, 6) is 1.74. The Morgan fingerprint density at radius 1 is 1.31 bits per heavy atom. The van der Waals surface area contributed by atoms with Crippen molar-refractivity contribution in [3.05, 3.63) is 18.7 Å². The summed E-state index contributed by atoms with van der Waals surface area (Å²) in [5.41, 5.74) is 0. The summed E-state index contributed by atoms with van der Waals surface area (Å²) in [7, 11) is 2.26. The predicted octanol–water partition coefficient (Wildman–Crippen LogP) is 2.61. The molecule has 3 rings (SSSR count). The first-order chi connectivity index (χ1) is 12.7. The van der Waals surface area contributed by atoms with Crippen molar-refractivity contribution < 1.29 is 0 Å². The lowest BCUT2D eigenvalue weighted by Gasteiger charge is -2.39. The van der Waals surface area contributed by atoms with Gasteiger partial charge in [0.25, 0.3) is 0 Å². The molecular weight excluding hydrogens is 324 g/mol. The third kappa shape index (κ3) is 4.78. The molecule has 6 nitrogen and oxygen atoms in total. The molecule has 1 N–H and O–H groups in total. The van der Waals surface area contributed by atoms with E-state index in [1.807, 2.05) is 12.5 Å². The van der Waals surface area contributed by atoms with Crippen LogP contribution in [0.25, 0.3) is 0 Å². The Morgan fingerprint density at radius 3 is 2.81 bits per heavy atom. The SMILES string of the molecule is CCNC(=NCCN(C)C1CCCC1)N1CCC(C)C(n2ccnc2)C1. The maximum atomic E-state index is 4.95. The highest BCUT2D eigenvalue weighted by Crippen LogP contribution is 2.27. The second kappa shape index (κ2) is 9.40. The van der Waals surface area contributed by atoms with Crippen molar-refractivity contribution in [2.24, 2.45) is 10.9 Å². The van der Waals surface area contributed by atoms with Crippen molar-refractivity contribution in [1.29, 1.82) is 0 Å². The minimum absolute atomic E-state index is 0.469. The molecule has 6 heteroatoms. The van der Waals surface area contributed by atoms with Gasteiger partial charge in [-0.15, -0.1) is 0 Å². The summed E-state index contributed by atoms with van der Waals surface area (Å²) < 4.78 is 2.26. The smallest absolute Gasteiger partial charge is 0.194 e. The summed E-state index contributed by atoms with van der Waals surface area (Å²) in [4.78, 5) is 14.1. The zero-order valence-electron chi connectivity index (χ0n) is 16.8. The third-order valence-corrected chi connectivity index (χ3v) is 6.12. The molecule has 1 aromatic heterocycles. The van der Waals surface area contributed by atoms with Gasteiger partial charge in [-0.2, -0.15) is 0 Å². The van der Waals surface area contributed by atoms with Gasteiger partial charge in [0.05, 0.1) is 18.9 Å². The van der Waals surface area contributed by atoms with Crippen LogP contribution in [0.1, 0.15) is 52.0 Å². The highest BCUT2D eigenvalue weighted by Gasteiger charge is 2.29. The Bertz CT molecular complexity index is 549. The van der Waals surface area contributed by atoms with E-state index >= 15 is 0 Å². The first-order valence-electron chi connectivity index (χ1n) is 10.4. The van der Waals surface area contributed by atoms with Crippen LogP contribution in [-0.2, 0) is 0 Å². The van der Waals surface area contributed by atoms with Crippen LogP contribution in [-0.4, -0.2) is 71.1 Å². The van der Waals surface area contributed by atoms with Gasteiger partial charge in [0.2, 0.25) is 0 Å². The van der Waals surface area contributed by atoms with Crippen LogP contribution in [0.4, 0.5) is 0 Å². The standard InChI is InChI=1S/C20H36N6/c1-4-22-20(23-11-13-24(3)18-7-5-6-8-18)25-12-9-17(2)19(15-25)26-14-10-21-16-26/h10,14,16-19H,4-9,11-13,15H2,1-3H3,(H,22,23). The van der Waals surface area contributed by atoms with Crippen LogP contribution in [0.3, 0.4) is 0 Å². The van der Waals surface area contributed by atoms with Crippen molar-refractivity contribution >= 4 is 5.96 Å². The Morgan fingerprint density at radius 2 is 2.12 bits per heavy atom. The van der Waals surface area contributed by atoms with Gasteiger partial charge >= 0.3 is 0 Å². The van der Waals surface area contributed by atoms with Gasteiger partial charge in [-0.1, -0.05) is 19.8 Å². The molecule has 2 heterocycles. The second-order valence-corrected chi connectivity index (χ2v) is 7.94. The van der Waals surface area contributed by atoms with Crippen LogP contribution in [0.2, 0.25) is 0 Å². The number of imidazole rings is 1. The average Bonchev–Trinajstić information content (AvgIpc) is 3.35. The van der Waals surface area contributed by atoms with E-state index in [9.17, 15) is 0 Å². The number of hydrogen-bond donors (Lipinski definition) is 1. The fraction of sp³-hybridized carbons (Fsp3) is 0.800. The van der Waals surface area contributed by atoms with Gasteiger partial charge in [0, 0.05) is 44.6 Å². The monoisotopic (exact) mass is 360 g/mol. The normalized spacial score (nSPS) is 25.2. The molecule has 1 saturated carbocycles. The molecule has 1 aliphatic heterocycles. The highest BCUT2D eigenvalue weighted by atomic mass is 15.3. The Kier molecular flexibility index (Phi) is 6.94. The van der Waals surface area contributed by atoms with Gasteiger partial charge < -0.3 is 19.7 Å². The second-order valence-electron chi connectivity index (χ2n) is 7.94. The fourth-order valence-corrected chi connectivity index (χ4v) is 4.36. The molecule has 0 amide bonds. The Labute approximate surface area is 158 Å². The first kappa shape index (κ1) is 19.2. The van der Waals surface area contributed by atoms with E-state index in [0.717, 1.165) is 44.7 Å². The molecule has 2 fully saturated rings. The van der Waals surface area contributed by atoms with Crippen molar-refractivity contribution in [2.75, 3.05) is 39.8 Å². The Balaban J connectivity index is 1.59. The highest BCUT2D eigenvalue weighted by molar-refractivity contribution is 5.80. The number of aromatic nitrogens is 2. The van der Waals surface area contributed by atoms with E-state index in [1.165, 1.54) is 32.1 Å². The zero-order chi connectivity index (χ0) is 18.4. The lowest BCUT2D eigenvalue weighted by molar-refractivity contribution is 0.188. The van der Waals surface area contributed by atoms with Crippen LogP contribution < -0.4 is 5.32 Å². The molecule has 1 aromatic rings. The number of guanidine groups is 1. The third-order valence-electron chi connectivity index (χ3n) is 6.12. The van der Waals surface area contributed by atoms with E-state index < -0.39 is 0 Å². The summed E-state index contributed by atoms with van der Waals surface area (Å²) in [6.45, 7) is 9.42. The van der Waals surface area contributed by atoms with Crippen LogP contribution >= 0.6 is 0 Å². The summed E-state index contributed by atoms with van der Waals surface area (Å²) in [5, 5.41) is 3.51. The van der Waals surface area contributed by atoms with Crippen LogP contribution in [0, 0.1) is 5.92 Å². The Hall–Kier alpha value is -1.56. The molecule has 1 aliphatic carbocycles. The lowest BCUT2D eigenvalue weighted by atomic mass is 9.93. The van der Waals surface area contributed by atoms with Gasteiger partial charge in [-0.3, -0.25) is 4.99 Å². The fourth-order valence-electron chi connectivity index (χ4n) is 4.36. The van der Waals surface area contributed by atoms with Crippen molar-refractivity contribution in [3.8, 4) is 0 Å². The molecule has 2 aliphatic rings. The van der Waals surface area contributed by atoms with Crippen LogP contribution in [0.15, 0.2) is 23.7 Å². The van der Waals surface area contributed by atoms with Gasteiger partial charge in [-0.05, 0) is 39.2 Å².